The number of amides is 1. The van der Waals surface area contributed by atoms with Crippen molar-refractivity contribution in [3.8, 4) is 0 Å². The van der Waals surface area contributed by atoms with Crippen molar-refractivity contribution in [1.82, 2.24) is 4.90 Å². The van der Waals surface area contributed by atoms with Gasteiger partial charge < -0.3 is 14.7 Å². The highest BCUT2D eigenvalue weighted by molar-refractivity contribution is 5.81. The van der Waals surface area contributed by atoms with Crippen molar-refractivity contribution in [2.45, 2.75) is 18.9 Å². The zero-order chi connectivity index (χ0) is 13.8. The van der Waals surface area contributed by atoms with Crippen molar-refractivity contribution in [3.05, 3.63) is 35.4 Å². The Morgan fingerprint density at radius 2 is 2.16 bits per heavy atom. The average molecular weight is 263 g/mol. The Kier molecular flexibility index (Phi) is 4.16. The highest BCUT2D eigenvalue weighted by atomic mass is 16.5. The lowest BCUT2D eigenvalue weighted by Gasteiger charge is -2.32. The Morgan fingerprint density at radius 3 is 2.84 bits per heavy atom. The van der Waals surface area contributed by atoms with E-state index in [1.54, 1.807) is 12.0 Å². The summed E-state index contributed by atoms with van der Waals surface area (Å²) in [5.41, 5.74) is 1.72. The molecular formula is C14H17NO4. The zero-order valence-electron chi connectivity index (χ0n) is 10.8. The molecule has 0 saturated heterocycles. The SMILES string of the molecule is COCCC(=O)N1Cc2ccccc2C(C(=O)O)C1. The van der Waals surface area contributed by atoms with Crippen LogP contribution in [0.15, 0.2) is 24.3 Å². The molecule has 1 aromatic rings. The van der Waals surface area contributed by atoms with E-state index in [1.807, 2.05) is 24.3 Å². The number of hydrogen-bond acceptors (Lipinski definition) is 3. The third kappa shape index (κ3) is 2.93. The summed E-state index contributed by atoms with van der Waals surface area (Å²) >= 11 is 0. The van der Waals surface area contributed by atoms with Gasteiger partial charge in [-0.2, -0.15) is 0 Å². The van der Waals surface area contributed by atoms with Crippen LogP contribution in [0.4, 0.5) is 0 Å². The van der Waals surface area contributed by atoms with E-state index in [9.17, 15) is 14.7 Å². The topological polar surface area (TPSA) is 66.8 Å². The van der Waals surface area contributed by atoms with Gasteiger partial charge in [0.15, 0.2) is 0 Å². The monoisotopic (exact) mass is 263 g/mol. The Balaban J connectivity index is 2.20. The van der Waals surface area contributed by atoms with E-state index in [1.165, 1.54) is 0 Å². The van der Waals surface area contributed by atoms with Gasteiger partial charge in [-0.05, 0) is 11.1 Å². The third-order valence-corrected chi connectivity index (χ3v) is 3.37. The van der Waals surface area contributed by atoms with E-state index in [-0.39, 0.29) is 18.9 Å². The normalized spacial score (nSPS) is 17.9. The summed E-state index contributed by atoms with van der Waals surface area (Å²) < 4.78 is 4.88. The Morgan fingerprint density at radius 1 is 1.42 bits per heavy atom. The zero-order valence-corrected chi connectivity index (χ0v) is 10.8. The predicted molar refractivity (Wildman–Crippen MR) is 68.7 cm³/mol. The van der Waals surface area contributed by atoms with Crippen LogP contribution in [0.2, 0.25) is 0 Å². The Bertz CT molecular complexity index is 486. The molecule has 5 heteroatoms. The van der Waals surface area contributed by atoms with Gasteiger partial charge in [-0.15, -0.1) is 0 Å². The van der Waals surface area contributed by atoms with E-state index in [0.717, 1.165) is 11.1 Å². The number of fused-ring (bicyclic) bond motifs is 1. The summed E-state index contributed by atoms with van der Waals surface area (Å²) in [7, 11) is 1.54. The van der Waals surface area contributed by atoms with Crippen LogP contribution in [0.25, 0.3) is 0 Å². The van der Waals surface area contributed by atoms with Gasteiger partial charge in [-0.25, -0.2) is 0 Å². The van der Waals surface area contributed by atoms with Gasteiger partial charge in [0.1, 0.15) is 0 Å². The van der Waals surface area contributed by atoms with Gasteiger partial charge in [0.25, 0.3) is 0 Å². The highest BCUT2D eigenvalue weighted by Gasteiger charge is 2.31. The van der Waals surface area contributed by atoms with Crippen molar-refractivity contribution >= 4 is 11.9 Å². The number of ether oxygens (including phenoxy) is 1. The Labute approximate surface area is 111 Å². The first-order valence-corrected chi connectivity index (χ1v) is 6.20. The first-order chi connectivity index (χ1) is 9.13. The van der Waals surface area contributed by atoms with E-state index < -0.39 is 11.9 Å². The van der Waals surface area contributed by atoms with Crippen LogP contribution in [0.5, 0.6) is 0 Å². The minimum atomic E-state index is -0.892. The number of carboxylic acid groups (broad SMARTS) is 1. The van der Waals surface area contributed by atoms with Crippen LogP contribution < -0.4 is 0 Å². The van der Waals surface area contributed by atoms with Gasteiger partial charge in [-0.1, -0.05) is 24.3 Å². The first kappa shape index (κ1) is 13.5. The molecule has 1 heterocycles. The van der Waals surface area contributed by atoms with Crippen molar-refractivity contribution in [2.24, 2.45) is 0 Å². The maximum Gasteiger partial charge on any atom is 0.312 e. The molecule has 5 nitrogen and oxygen atoms in total. The molecule has 19 heavy (non-hydrogen) atoms. The van der Waals surface area contributed by atoms with Gasteiger partial charge >= 0.3 is 5.97 Å². The van der Waals surface area contributed by atoms with E-state index >= 15 is 0 Å². The van der Waals surface area contributed by atoms with E-state index in [0.29, 0.717) is 13.2 Å². The van der Waals surface area contributed by atoms with Gasteiger partial charge in [0.2, 0.25) is 5.91 Å². The summed E-state index contributed by atoms with van der Waals surface area (Å²) in [6.45, 7) is 1.06. The molecule has 1 N–H and O–H groups in total. The van der Waals surface area contributed by atoms with Crippen molar-refractivity contribution in [2.75, 3.05) is 20.3 Å². The summed E-state index contributed by atoms with van der Waals surface area (Å²) in [6, 6.07) is 7.39. The van der Waals surface area contributed by atoms with Crippen molar-refractivity contribution in [3.63, 3.8) is 0 Å². The summed E-state index contributed by atoms with van der Waals surface area (Å²) in [4.78, 5) is 24.9. The predicted octanol–water partition coefficient (Wildman–Crippen LogP) is 1.23. The smallest absolute Gasteiger partial charge is 0.312 e. The van der Waals surface area contributed by atoms with Crippen molar-refractivity contribution < 1.29 is 19.4 Å². The molecule has 2 rings (SSSR count). The third-order valence-electron chi connectivity index (χ3n) is 3.37. The standard InChI is InChI=1S/C14H17NO4/c1-19-7-6-13(16)15-8-10-4-2-3-5-11(10)12(9-15)14(17)18/h2-5,12H,6-9H2,1H3,(H,17,18). The van der Waals surface area contributed by atoms with Gasteiger partial charge in [0, 0.05) is 20.2 Å². The average Bonchev–Trinajstić information content (AvgIpc) is 2.43. The second-order valence-electron chi connectivity index (χ2n) is 4.61. The highest BCUT2D eigenvalue weighted by Crippen LogP contribution is 2.28. The first-order valence-electron chi connectivity index (χ1n) is 6.20. The molecule has 1 aliphatic heterocycles. The quantitative estimate of drug-likeness (QED) is 0.887. The maximum absolute atomic E-state index is 12.0. The number of rotatable bonds is 4. The number of carbonyl (C=O) groups is 2. The van der Waals surface area contributed by atoms with Crippen LogP contribution in [-0.2, 0) is 20.9 Å². The minimum absolute atomic E-state index is 0.0670. The maximum atomic E-state index is 12.0. The molecule has 0 aliphatic carbocycles. The van der Waals surface area contributed by atoms with Crippen molar-refractivity contribution in [1.29, 1.82) is 0 Å². The van der Waals surface area contributed by atoms with Crippen LogP contribution in [0.3, 0.4) is 0 Å². The molecule has 1 unspecified atom stereocenters. The number of nitrogens with zero attached hydrogens (tertiary/aromatic N) is 1. The summed E-state index contributed by atoms with van der Waals surface area (Å²) in [6.07, 6.45) is 0.283. The largest absolute Gasteiger partial charge is 0.481 e. The summed E-state index contributed by atoms with van der Waals surface area (Å²) in [5, 5.41) is 9.30. The lowest BCUT2D eigenvalue weighted by Crippen LogP contribution is -2.40. The molecule has 0 radical (unpaired) electrons. The van der Waals surface area contributed by atoms with Crippen LogP contribution in [0.1, 0.15) is 23.5 Å². The number of benzene rings is 1. The molecule has 0 bridgehead atoms. The second-order valence-corrected chi connectivity index (χ2v) is 4.61. The minimum Gasteiger partial charge on any atom is -0.481 e. The number of carbonyl (C=O) groups excluding carboxylic acids is 1. The molecule has 1 atom stereocenters. The second kappa shape index (κ2) is 5.84. The lowest BCUT2D eigenvalue weighted by molar-refractivity contribution is -0.141. The van der Waals surface area contributed by atoms with Crippen LogP contribution in [-0.4, -0.2) is 42.1 Å². The number of methoxy groups -OCH3 is 1. The fourth-order valence-electron chi connectivity index (χ4n) is 2.36. The molecule has 0 fully saturated rings. The van der Waals surface area contributed by atoms with E-state index in [2.05, 4.69) is 0 Å². The number of carboxylic acids is 1. The number of hydrogen-bond donors (Lipinski definition) is 1. The summed E-state index contributed by atoms with van der Waals surface area (Å²) in [5.74, 6) is -1.60. The Hall–Kier alpha value is -1.88. The molecule has 102 valence electrons. The number of aliphatic carboxylic acids is 1. The lowest BCUT2D eigenvalue weighted by atomic mass is 9.89. The molecule has 0 aromatic heterocycles. The molecule has 1 aromatic carbocycles. The molecular weight excluding hydrogens is 246 g/mol. The molecule has 0 saturated carbocycles. The molecule has 1 amide bonds. The molecule has 1 aliphatic rings. The fourth-order valence-corrected chi connectivity index (χ4v) is 2.36. The van der Waals surface area contributed by atoms with E-state index in [4.69, 9.17) is 4.74 Å². The van der Waals surface area contributed by atoms with Crippen LogP contribution >= 0.6 is 0 Å². The molecule has 0 spiro atoms. The van der Waals surface area contributed by atoms with Gasteiger partial charge in [0.05, 0.1) is 18.9 Å². The van der Waals surface area contributed by atoms with Gasteiger partial charge in [-0.3, -0.25) is 9.59 Å². The fraction of sp³-hybridized carbons (Fsp3) is 0.429. The van der Waals surface area contributed by atoms with Crippen LogP contribution in [0, 0.1) is 0 Å².